The number of rotatable bonds is 3. The summed E-state index contributed by atoms with van der Waals surface area (Å²) in [4.78, 5) is 34.4. The molecule has 94 valence electrons. The second-order valence-corrected chi connectivity index (χ2v) is 3.90. The number of nitrogens with zero attached hydrogens (tertiary/aromatic N) is 2. The minimum Gasteiger partial charge on any atom is -0.467 e. The summed E-state index contributed by atoms with van der Waals surface area (Å²) in [5.41, 5.74) is -3.12. The molecule has 0 saturated carbocycles. The molecule has 1 aromatic rings. The predicted octanol–water partition coefficient (Wildman–Crippen LogP) is -1.53. The first kappa shape index (κ1) is 13.2. The van der Waals surface area contributed by atoms with Gasteiger partial charge in [-0.25, -0.2) is 9.59 Å². The van der Waals surface area contributed by atoms with Crippen molar-refractivity contribution in [2.45, 2.75) is 19.1 Å². The molecule has 0 aliphatic rings. The maximum Gasteiger partial charge on any atom is 0.339 e. The van der Waals surface area contributed by atoms with Gasteiger partial charge in [-0.2, -0.15) is 0 Å². The summed E-state index contributed by atoms with van der Waals surface area (Å²) in [5.74, 6) is -0.907. The zero-order valence-corrected chi connectivity index (χ0v) is 9.84. The molecule has 1 rings (SSSR count). The molecule has 0 radical (unpaired) electrons. The smallest absolute Gasteiger partial charge is 0.339 e. The normalized spacial score (nSPS) is 14.1. The molecule has 1 aromatic heterocycles. The van der Waals surface area contributed by atoms with E-state index in [2.05, 4.69) is 4.74 Å². The minimum absolute atomic E-state index is 0.452. The third-order valence-corrected chi connectivity index (χ3v) is 2.33. The van der Waals surface area contributed by atoms with E-state index < -0.39 is 29.4 Å². The molecule has 0 fully saturated rings. The van der Waals surface area contributed by atoms with Crippen molar-refractivity contribution in [3.05, 3.63) is 33.1 Å². The zero-order valence-electron chi connectivity index (χ0n) is 9.84. The number of aliphatic hydroxyl groups is 1. The van der Waals surface area contributed by atoms with Crippen molar-refractivity contribution in [1.82, 2.24) is 9.13 Å². The Morgan fingerprint density at radius 1 is 1.53 bits per heavy atom. The van der Waals surface area contributed by atoms with Gasteiger partial charge in [-0.05, 0) is 6.92 Å². The van der Waals surface area contributed by atoms with E-state index in [-0.39, 0.29) is 0 Å². The Morgan fingerprint density at radius 3 is 2.65 bits per heavy atom. The molecule has 0 aliphatic heterocycles. The monoisotopic (exact) mass is 242 g/mol. The molecule has 17 heavy (non-hydrogen) atoms. The van der Waals surface area contributed by atoms with E-state index in [1.807, 2.05) is 0 Å². The topological polar surface area (TPSA) is 90.5 Å². The molecule has 1 N–H and O–H groups in total. The second-order valence-electron chi connectivity index (χ2n) is 3.90. The van der Waals surface area contributed by atoms with E-state index in [1.165, 1.54) is 30.8 Å². The molecule has 0 bridgehead atoms. The Bertz CT molecular complexity index is 540. The van der Waals surface area contributed by atoms with Gasteiger partial charge in [0.2, 0.25) is 0 Å². The fourth-order valence-electron chi connectivity index (χ4n) is 1.35. The lowest BCUT2D eigenvalue weighted by molar-refractivity contribution is -0.161. The van der Waals surface area contributed by atoms with E-state index in [4.69, 9.17) is 0 Å². The van der Waals surface area contributed by atoms with Gasteiger partial charge in [-0.15, -0.1) is 0 Å². The number of hydrogen-bond acceptors (Lipinski definition) is 5. The third-order valence-electron chi connectivity index (χ3n) is 2.33. The van der Waals surface area contributed by atoms with Gasteiger partial charge >= 0.3 is 11.7 Å². The fourth-order valence-corrected chi connectivity index (χ4v) is 1.35. The van der Waals surface area contributed by atoms with E-state index >= 15 is 0 Å². The van der Waals surface area contributed by atoms with Crippen LogP contribution in [-0.4, -0.2) is 32.9 Å². The quantitative estimate of drug-likeness (QED) is 0.649. The number of carbonyl (C=O) groups excluding carboxylic acids is 1. The lowest BCUT2D eigenvalue weighted by Crippen LogP contribution is -2.48. The Balaban J connectivity index is 3.21. The van der Waals surface area contributed by atoms with Gasteiger partial charge in [-0.1, -0.05) is 0 Å². The Morgan fingerprint density at radius 2 is 2.12 bits per heavy atom. The van der Waals surface area contributed by atoms with Gasteiger partial charge in [-0.3, -0.25) is 9.36 Å². The molecule has 7 nitrogen and oxygen atoms in total. The van der Waals surface area contributed by atoms with Crippen molar-refractivity contribution < 1.29 is 14.6 Å². The molecule has 1 atom stereocenters. The van der Waals surface area contributed by atoms with Crippen molar-refractivity contribution in [1.29, 1.82) is 0 Å². The highest BCUT2D eigenvalue weighted by atomic mass is 16.5. The summed E-state index contributed by atoms with van der Waals surface area (Å²) >= 11 is 0. The summed E-state index contributed by atoms with van der Waals surface area (Å²) in [6.45, 7) is 0.726. The summed E-state index contributed by atoms with van der Waals surface area (Å²) in [5, 5.41) is 9.79. The SMILES string of the molecule is COC(=O)C(C)(O)Cn1c(=O)ccn(C)c1=O. The summed E-state index contributed by atoms with van der Waals surface area (Å²) in [7, 11) is 2.58. The number of aryl methyl sites for hydroxylation is 1. The lowest BCUT2D eigenvalue weighted by Gasteiger charge is -2.20. The Hall–Kier alpha value is -1.89. The van der Waals surface area contributed by atoms with Crippen LogP contribution in [0.15, 0.2) is 21.9 Å². The van der Waals surface area contributed by atoms with Gasteiger partial charge in [0, 0.05) is 19.3 Å². The number of hydrogen-bond donors (Lipinski definition) is 1. The van der Waals surface area contributed by atoms with Crippen LogP contribution in [0.3, 0.4) is 0 Å². The molecule has 0 aromatic carbocycles. The van der Waals surface area contributed by atoms with Crippen LogP contribution in [-0.2, 0) is 23.1 Å². The highest BCUT2D eigenvalue weighted by Crippen LogP contribution is 2.06. The zero-order chi connectivity index (χ0) is 13.2. The minimum atomic E-state index is -1.92. The van der Waals surface area contributed by atoms with Crippen LogP contribution in [0.2, 0.25) is 0 Å². The van der Waals surface area contributed by atoms with E-state index in [0.29, 0.717) is 0 Å². The molecule has 1 unspecified atom stereocenters. The van der Waals surface area contributed by atoms with Crippen LogP contribution in [0.1, 0.15) is 6.92 Å². The molecule has 0 amide bonds. The first-order valence-electron chi connectivity index (χ1n) is 4.87. The van der Waals surface area contributed by atoms with Crippen LogP contribution < -0.4 is 11.2 Å². The van der Waals surface area contributed by atoms with Crippen LogP contribution in [0.5, 0.6) is 0 Å². The van der Waals surface area contributed by atoms with Crippen molar-refractivity contribution >= 4 is 5.97 Å². The standard InChI is InChI=1S/C10H14N2O5/c1-10(16,8(14)17-3)6-12-7(13)4-5-11(2)9(12)15/h4-5,16H,6H2,1-3H3. The fraction of sp³-hybridized carbons (Fsp3) is 0.500. The lowest BCUT2D eigenvalue weighted by atomic mass is 10.1. The molecular weight excluding hydrogens is 228 g/mol. The highest BCUT2D eigenvalue weighted by Gasteiger charge is 2.33. The Kier molecular flexibility index (Phi) is 3.52. The highest BCUT2D eigenvalue weighted by molar-refractivity contribution is 5.78. The average molecular weight is 242 g/mol. The number of methoxy groups -OCH3 is 1. The van der Waals surface area contributed by atoms with Crippen molar-refractivity contribution in [2.24, 2.45) is 7.05 Å². The van der Waals surface area contributed by atoms with Crippen molar-refractivity contribution in [3.63, 3.8) is 0 Å². The summed E-state index contributed by atoms with van der Waals surface area (Å²) < 4.78 is 6.33. The average Bonchev–Trinajstić information content (AvgIpc) is 2.28. The van der Waals surface area contributed by atoms with Gasteiger partial charge in [0.25, 0.3) is 5.56 Å². The molecule has 0 spiro atoms. The predicted molar refractivity (Wildman–Crippen MR) is 58.6 cm³/mol. The van der Waals surface area contributed by atoms with E-state index in [1.54, 1.807) is 0 Å². The van der Waals surface area contributed by atoms with Crippen LogP contribution in [0.4, 0.5) is 0 Å². The van der Waals surface area contributed by atoms with Crippen molar-refractivity contribution in [3.8, 4) is 0 Å². The molecule has 1 heterocycles. The first-order chi connectivity index (χ1) is 7.79. The number of esters is 1. The maximum atomic E-state index is 11.6. The number of carbonyl (C=O) groups is 1. The van der Waals surface area contributed by atoms with Gasteiger partial charge < -0.3 is 14.4 Å². The van der Waals surface area contributed by atoms with Crippen LogP contribution in [0.25, 0.3) is 0 Å². The summed E-state index contributed by atoms with van der Waals surface area (Å²) in [6.07, 6.45) is 1.31. The van der Waals surface area contributed by atoms with Gasteiger partial charge in [0.15, 0.2) is 5.60 Å². The Labute approximate surface area is 96.9 Å². The van der Waals surface area contributed by atoms with E-state index in [0.717, 1.165) is 11.7 Å². The summed E-state index contributed by atoms with van der Waals surface area (Å²) in [6, 6.07) is 1.18. The maximum absolute atomic E-state index is 11.6. The van der Waals surface area contributed by atoms with Crippen LogP contribution in [0, 0.1) is 0 Å². The van der Waals surface area contributed by atoms with Gasteiger partial charge in [0.1, 0.15) is 0 Å². The second kappa shape index (κ2) is 4.54. The van der Waals surface area contributed by atoms with E-state index in [9.17, 15) is 19.5 Å². The van der Waals surface area contributed by atoms with Crippen molar-refractivity contribution in [2.75, 3.05) is 7.11 Å². The molecular formula is C10H14N2O5. The number of ether oxygens (including phenoxy) is 1. The third kappa shape index (κ3) is 2.62. The first-order valence-corrected chi connectivity index (χ1v) is 4.87. The molecule has 7 heteroatoms. The molecule has 0 saturated heterocycles. The largest absolute Gasteiger partial charge is 0.467 e. The van der Waals surface area contributed by atoms with Gasteiger partial charge in [0.05, 0.1) is 13.7 Å². The molecule has 0 aliphatic carbocycles. The number of aromatic nitrogens is 2. The van der Waals surface area contributed by atoms with Crippen LogP contribution >= 0.6 is 0 Å².